The van der Waals surface area contributed by atoms with Gasteiger partial charge in [0, 0.05) is 0 Å². The molecule has 1 aromatic carbocycles. The van der Waals surface area contributed by atoms with Crippen LogP contribution in [-0.2, 0) is 4.79 Å². The minimum Gasteiger partial charge on any atom is -0.504 e. The van der Waals surface area contributed by atoms with Crippen molar-refractivity contribution in [1.29, 1.82) is 0 Å². The molecule has 0 fully saturated rings. The summed E-state index contributed by atoms with van der Waals surface area (Å²) in [4.78, 5) is 9.96. The summed E-state index contributed by atoms with van der Waals surface area (Å²) in [6.07, 6.45) is -1.30. The number of hydrogen-bond acceptors (Lipinski definition) is 5. The second kappa shape index (κ2) is 6.81. The SMILES string of the molecule is O=C(N[C@H](CO)[C@H](O)c1ccc(O)c(O)c1)C(Cl)Cl. The van der Waals surface area contributed by atoms with Gasteiger partial charge in [0.1, 0.15) is 6.10 Å². The van der Waals surface area contributed by atoms with Crippen molar-refractivity contribution in [2.24, 2.45) is 0 Å². The Hall–Kier alpha value is -1.21. The number of hydrogen-bond donors (Lipinski definition) is 5. The summed E-state index contributed by atoms with van der Waals surface area (Å²) in [5, 5.41) is 39.8. The van der Waals surface area contributed by atoms with Crippen molar-refractivity contribution in [2.45, 2.75) is 17.0 Å². The molecule has 0 unspecified atom stereocenters. The van der Waals surface area contributed by atoms with E-state index >= 15 is 0 Å². The summed E-state index contributed by atoms with van der Waals surface area (Å²) in [6, 6.07) is 2.59. The molecule has 106 valence electrons. The Bertz CT molecular complexity index is 455. The van der Waals surface area contributed by atoms with Crippen molar-refractivity contribution in [3.05, 3.63) is 23.8 Å². The Morgan fingerprint density at radius 1 is 1.26 bits per heavy atom. The molecule has 0 saturated heterocycles. The second-order valence-corrected chi connectivity index (χ2v) is 4.89. The monoisotopic (exact) mass is 309 g/mol. The molecule has 6 nitrogen and oxygen atoms in total. The van der Waals surface area contributed by atoms with Crippen LogP contribution in [0.5, 0.6) is 11.5 Å². The van der Waals surface area contributed by atoms with Crippen molar-refractivity contribution < 1.29 is 25.2 Å². The molecule has 19 heavy (non-hydrogen) atoms. The van der Waals surface area contributed by atoms with E-state index in [4.69, 9.17) is 33.4 Å². The van der Waals surface area contributed by atoms with Crippen LogP contribution < -0.4 is 5.32 Å². The number of amides is 1. The molecule has 2 atom stereocenters. The maximum atomic E-state index is 11.3. The number of aliphatic hydroxyl groups is 2. The van der Waals surface area contributed by atoms with Crippen LogP contribution in [0.15, 0.2) is 18.2 Å². The van der Waals surface area contributed by atoms with Crippen molar-refractivity contribution in [1.82, 2.24) is 5.32 Å². The highest BCUT2D eigenvalue weighted by atomic mass is 35.5. The fraction of sp³-hybridized carbons (Fsp3) is 0.364. The summed E-state index contributed by atoms with van der Waals surface area (Å²) >= 11 is 10.7. The molecule has 1 rings (SSSR count). The Kier molecular flexibility index (Phi) is 5.68. The molecule has 0 radical (unpaired) electrons. The van der Waals surface area contributed by atoms with Gasteiger partial charge in [0.15, 0.2) is 16.3 Å². The number of halogens is 2. The minimum absolute atomic E-state index is 0.204. The van der Waals surface area contributed by atoms with Crippen LogP contribution in [0.3, 0.4) is 0 Å². The first-order valence-electron chi connectivity index (χ1n) is 5.26. The fourth-order valence-corrected chi connectivity index (χ4v) is 1.55. The highest BCUT2D eigenvalue weighted by Crippen LogP contribution is 2.28. The first-order valence-corrected chi connectivity index (χ1v) is 6.13. The molecule has 8 heteroatoms. The van der Waals surface area contributed by atoms with Gasteiger partial charge in [0.05, 0.1) is 12.6 Å². The standard InChI is InChI=1S/C11H13Cl2NO5/c12-10(13)11(19)14-6(4-15)9(18)5-1-2-7(16)8(17)3-5/h1-3,6,9-10,15-18H,4H2,(H,14,19)/t6-,9-/m1/s1. The van der Waals surface area contributed by atoms with E-state index in [2.05, 4.69) is 5.32 Å². The summed E-state index contributed by atoms with van der Waals surface area (Å²) in [6.45, 7) is -0.560. The molecule has 0 aliphatic heterocycles. The second-order valence-electron chi connectivity index (χ2n) is 3.79. The van der Waals surface area contributed by atoms with Crippen LogP contribution >= 0.6 is 23.2 Å². The van der Waals surface area contributed by atoms with E-state index in [-0.39, 0.29) is 11.3 Å². The van der Waals surface area contributed by atoms with E-state index in [0.717, 1.165) is 6.07 Å². The van der Waals surface area contributed by atoms with Crippen molar-refractivity contribution in [2.75, 3.05) is 6.61 Å². The summed E-state index contributed by atoms with van der Waals surface area (Å²) in [5.41, 5.74) is 0.204. The van der Waals surface area contributed by atoms with Gasteiger partial charge >= 0.3 is 0 Å². The van der Waals surface area contributed by atoms with E-state index in [9.17, 15) is 15.0 Å². The average Bonchev–Trinajstić information content (AvgIpc) is 2.37. The number of phenolic OH excluding ortho intramolecular Hbond substituents is 2. The number of carbonyl (C=O) groups excluding carboxylic acids is 1. The highest BCUT2D eigenvalue weighted by molar-refractivity contribution is 6.53. The molecular weight excluding hydrogens is 297 g/mol. The predicted octanol–water partition coefficient (Wildman–Crippen LogP) is 0.412. The van der Waals surface area contributed by atoms with Gasteiger partial charge in [0.25, 0.3) is 5.91 Å². The third-order valence-electron chi connectivity index (χ3n) is 2.44. The molecule has 1 amide bonds. The molecule has 0 bridgehead atoms. The number of carbonyl (C=O) groups is 1. The normalized spacial score (nSPS) is 14.2. The summed E-state index contributed by atoms with van der Waals surface area (Å²) in [5.74, 6) is -1.53. The van der Waals surface area contributed by atoms with Gasteiger partial charge in [-0.1, -0.05) is 29.3 Å². The molecule has 0 spiro atoms. The Morgan fingerprint density at radius 2 is 1.89 bits per heavy atom. The van der Waals surface area contributed by atoms with Crippen LogP contribution in [0.25, 0.3) is 0 Å². The number of aromatic hydroxyl groups is 2. The van der Waals surface area contributed by atoms with Gasteiger partial charge in [-0.3, -0.25) is 4.79 Å². The van der Waals surface area contributed by atoms with Crippen molar-refractivity contribution in [3.63, 3.8) is 0 Å². The van der Waals surface area contributed by atoms with Crippen LogP contribution in [0, 0.1) is 0 Å². The number of alkyl halides is 2. The molecule has 0 heterocycles. The lowest BCUT2D eigenvalue weighted by Crippen LogP contribution is -2.44. The lowest BCUT2D eigenvalue weighted by Gasteiger charge is -2.23. The first kappa shape index (κ1) is 15.8. The van der Waals surface area contributed by atoms with E-state index in [1.54, 1.807) is 0 Å². The molecule has 1 aromatic rings. The Balaban J connectivity index is 2.85. The fourth-order valence-electron chi connectivity index (χ4n) is 1.43. The zero-order valence-electron chi connectivity index (χ0n) is 9.62. The Labute approximate surface area is 119 Å². The van der Waals surface area contributed by atoms with E-state index in [1.165, 1.54) is 12.1 Å². The van der Waals surface area contributed by atoms with Crippen LogP contribution in [0.4, 0.5) is 0 Å². The predicted molar refractivity (Wildman–Crippen MR) is 69.2 cm³/mol. The topological polar surface area (TPSA) is 110 Å². The largest absolute Gasteiger partial charge is 0.504 e. The number of rotatable bonds is 5. The van der Waals surface area contributed by atoms with Gasteiger partial charge in [-0.25, -0.2) is 0 Å². The third kappa shape index (κ3) is 4.14. The summed E-state index contributed by atoms with van der Waals surface area (Å²) < 4.78 is 0. The highest BCUT2D eigenvalue weighted by Gasteiger charge is 2.25. The van der Waals surface area contributed by atoms with Crippen LogP contribution in [-0.4, -0.2) is 43.8 Å². The minimum atomic E-state index is -1.32. The lowest BCUT2D eigenvalue weighted by molar-refractivity contribution is -0.121. The van der Waals surface area contributed by atoms with Gasteiger partial charge in [-0.15, -0.1) is 0 Å². The zero-order chi connectivity index (χ0) is 14.6. The average molecular weight is 310 g/mol. The van der Waals surface area contributed by atoms with Gasteiger partial charge in [0.2, 0.25) is 0 Å². The number of benzene rings is 1. The van der Waals surface area contributed by atoms with Crippen molar-refractivity contribution >= 4 is 29.1 Å². The van der Waals surface area contributed by atoms with Gasteiger partial charge in [-0.05, 0) is 17.7 Å². The maximum Gasteiger partial charge on any atom is 0.253 e. The third-order valence-corrected chi connectivity index (χ3v) is 2.84. The molecule has 0 aliphatic rings. The van der Waals surface area contributed by atoms with Crippen molar-refractivity contribution in [3.8, 4) is 11.5 Å². The maximum absolute atomic E-state index is 11.3. The van der Waals surface area contributed by atoms with E-state index < -0.39 is 35.2 Å². The molecular formula is C11H13Cl2NO5. The van der Waals surface area contributed by atoms with Gasteiger partial charge in [-0.2, -0.15) is 0 Å². The Morgan fingerprint density at radius 3 is 2.37 bits per heavy atom. The number of phenols is 2. The molecule has 5 N–H and O–H groups in total. The smallest absolute Gasteiger partial charge is 0.253 e. The van der Waals surface area contributed by atoms with Gasteiger partial charge < -0.3 is 25.7 Å². The quantitative estimate of drug-likeness (QED) is 0.400. The van der Waals surface area contributed by atoms with Crippen LogP contribution in [0.2, 0.25) is 0 Å². The molecule has 0 aromatic heterocycles. The van der Waals surface area contributed by atoms with E-state index in [0.29, 0.717) is 0 Å². The number of aliphatic hydroxyl groups excluding tert-OH is 2. The number of nitrogens with one attached hydrogen (secondary N) is 1. The lowest BCUT2D eigenvalue weighted by atomic mass is 10.0. The zero-order valence-corrected chi connectivity index (χ0v) is 11.1. The van der Waals surface area contributed by atoms with E-state index in [1.807, 2.05) is 0 Å². The molecule has 0 saturated carbocycles. The first-order chi connectivity index (χ1) is 8.86. The summed E-state index contributed by atoms with van der Waals surface area (Å²) in [7, 11) is 0. The molecule has 0 aliphatic carbocycles. The van der Waals surface area contributed by atoms with Crippen LogP contribution in [0.1, 0.15) is 11.7 Å².